The van der Waals surface area contributed by atoms with E-state index in [-0.39, 0.29) is 17.7 Å². The van der Waals surface area contributed by atoms with Crippen molar-refractivity contribution in [2.75, 3.05) is 18.0 Å². The number of hydrogen-bond donors (Lipinski definition) is 2. The highest BCUT2D eigenvalue weighted by atomic mass is 16.2. The lowest BCUT2D eigenvalue weighted by atomic mass is 9.95. The van der Waals surface area contributed by atoms with Gasteiger partial charge in [0, 0.05) is 35.5 Å². The number of amides is 2. The van der Waals surface area contributed by atoms with Gasteiger partial charge in [-0.3, -0.25) is 9.59 Å². The second kappa shape index (κ2) is 8.22. The van der Waals surface area contributed by atoms with Crippen LogP contribution in [0.5, 0.6) is 0 Å². The van der Waals surface area contributed by atoms with Crippen molar-refractivity contribution in [3.05, 3.63) is 53.7 Å². The van der Waals surface area contributed by atoms with Gasteiger partial charge in [-0.1, -0.05) is 12.1 Å². The number of nitrogens with one attached hydrogen (secondary N) is 1. The summed E-state index contributed by atoms with van der Waals surface area (Å²) in [6, 6.07) is 12.4. The van der Waals surface area contributed by atoms with Gasteiger partial charge < -0.3 is 16.0 Å². The predicted molar refractivity (Wildman–Crippen MR) is 124 cm³/mol. The number of aromatic nitrogens is 2. The van der Waals surface area contributed by atoms with Crippen molar-refractivity contribution >= 4 is 28.4 Å². The fourth-order valence-electron chi connectivity index (χ4n) is 4.45. The van der Waals surface area contributed by atoms with Crippen LogP contribution in [0.4, 0.5) is 5.82 Å². The number of primary amides is 1. The Bertz CT molecular complexity index is 1200. The molecule has 0 bridgehead atoms. The van der Waals surface area contributed by atoms with Crippen molar-refractivity contribution in [1.82, 2.24) is 15.5 Å². The van der Waals surface area contributed by atoms with E-state index in [9.17, 15) is 9.59 Å². The van der Waals surface area contributed by atoms with E-state index in [1.54, 1.807) is 6.20 Å². The highest BCUT2D eigenvalue weighted by Gasteiger charge is 2.26. The van der Waals surface area contributed by atoms with Crippen LogP contribution in [0.3, 0.4) is 0 Å². The summed E-state index contributed by atoms with van der Waals surface area (Å²) in [5.74, 6) is 0.351. The molecule has 1 saturated carbocycles. The van der Waals surface area contributed by atoms with Crippen LogP contribution in [-0.4, -0.2) is 41.1 Å². The summed E-state index contributed by atoms with van der Waals surface area (Å²) in [5.41, 5.74) is 9.40. The number of carbonyl (C=O) groups excluding carboxylic acids is 2. The lowest BCUT2D eigenvalue weighted by Crippen LogP contribution is -2.41. The van der Waals surface area contributed by atoms with Crippen LogP contribution in [0.2, 0.25) is 0 Å². The number of aryl methyl sites for hydroxylation is 1. The van der Waals surface area contributed by atoms with Crippen molar-refractivity contribution in [1.29, 1.82) is 0 Å². The molecule has 0 unspecified atom stereocenters. The number of nitrogens with two attached hydrogens (primary N) is 1. The van der Waals surface area contributed by atoms with Crippen LogP contribution < -0.4 is 16.0 Å². The maximum Gasteiger partial charge on any atom is 0.251 e. The number of benzene rings is 2. The standard InChI is InChI=1S/C25H27N5O2/c1-15-4-5-17(25(32)28-20-7-8-20)12-22(15)16-6-9-21-19(11-16)13-27-29-24(21)30-10-2-3-18(14-30)23(26)31/h4-6,9,11-13,18,20H,2-3,7-8,10,14H2,1H3,(H2,26,31)(H,28,32)/t18-/m1/s1. The zero-order valence-electron chi connectivity index (χ0n) is 18.2. The molecule has 7 nitrogen and oxygen atoms in total. The summed E-state index contributed by atoms with van der Waals surface area (Å²) in [6.45, 7) is 3.45. The van der Waals surface area contributed by atoms with Crippen LogP contribution in [0.1, 0.15) is 41.6 Å². The molecule has 2 aromatic carbocycles. The first-order valence-corrected chi connectivity index (χ1v) is 11.2. The molecular formula is C25H27N5O2. The lowest BCUT2D eigenvalue weighted by molar-refractivity contribution is -0.122. The van der Waals surface area contributed by atoms with E-state index in [0.29, 0.717) is 18.2 Å². The third-order valence-corrected chi connectivity index (χ3v) is 6.49. The maximum atomic E-state index is 12.5. The Morgan fingerprint density at radius 2 is 1.97 bits per heavy atom. The van der Waals surface area contributed by atoms with Gasteiger partial charge in [-0.05, 0) is 73.6 Å². The summed E-state index contributed by atoms with van der Waals surface area (Å²) >= 11 is 0. The molecular weight excluding hydrogens is 402 g/mol. The minimum absolute atomic E-state index is 0.0169. The average Bonchev–Trinajstić information content (AvgIpc) is 3.62. The van der Waals surface area contributed by atoms with Crippen LogP contribution in [0.25, 0.3) is 21.9 Å². The zero-order chi connectivity index (χ0) is 22.2. The fourth-order valence-corrected chi connectivity index (χ4v) is 4.45. The van der Waals surface area contributed by atoms with Gasteiger partial charge in [0.15, 0.2) is 5.82 Å². The second-order valence-corrected chi connectivity index (χ2v) is 8.94. The highest BCUT2D eigenvalue weighted by Crippen LogP contribution is 2.32. The molecule has 1 aliphatic carbocycles. The Labute approximate surface area is 187 Å². The van der Waals surface area contributed by atoms with Gasteiger partial charge in [0.1, 0.15) is 0 Å². The van der Waals surface area contributed by atoms with Crippen LogP contribution in [-0.2, 0) is 4.79 Å². The first-order valence-electron chi connectivity index (χ1n) is 11.2. The summed E-state index contributed by atoms with van der Waals surface area (Å²) in [6.07, 6.45) is 5.61. The molecule has 1 saturated heterocycles. The Balaban J connectivity index is 1.48. The van der Waals surface area contributed by atoms with Crippen molar-refractivity contribution in [3.63, 3.8) is 0 Å². The molecule has 2 aliphatic rings. The van der Waals surface area contributed by atoms with Crippen LogP contribution in [0.15, 0.2) is 42.6 Å². The van der Waals surface area contributed by atoms with E-state index < -0.39 is 0 Å². The maximum absolute atomic E-state index is 12.5. The molecule has 0 radical (unpaired) electrons. The van der Waals surface area contributed by atoms with Gasteiger partial charge in [0.25, 0.3) is 5.91 Å². The Morgan fingerprint density at radius 1 is 1.12 bits per heavy atom. The number of piperidine rings is 1. The molecule has 1 aliphatic heterocycles. The molecule has 32 heavy (non-hydrogen) atoms. The second-order valence-electron chi connectivity index (χ2n) is 8.94. The molecule has 2 fully saturated rings. The SMILES string of the molecule is Cc1ccc(C(=O)NC2CC2)cc1-c1ccc2c(N3CCC[C@@H](C(N)=O)C3)nncc2c1. The normalized spacial score (nSPS) is 18.5. The van der Waals surface area contributed by atoms with Gasteiger partial charge >= 0.3 is 0 Å². The van der Waals surface area contributed by atoms with Crippen LogP contribution >= 0.6 is 0 Å². The van der Waals surface area contributed by atoms with E-state index in [2.05, 4.69) is 45.5 Å². The molecule has 1 atom stereocenters. The topological polar surface area (TPSA) is 101 Å². The Kier molecular flexibility index (Phi) is 5.25. The summed E-state index contributed by atoms with van der Waals surface area (Å²) < 4.78 is 0. The number of anilines is 1. The van der Waals surface area contributed by atoms with Gasteiger partial charge in [-0.15, -0.1) is 5.10 Å². The quantitative estimate of drug-likeness (QED) is 0.649. The molecule has 0 spiro atoms. The first-order chi connectivity index (χ1) is 15.5. The third-order valence-electron chi connectivity index (χ3n) is 6.49. The number of nitrogens with zero attached hydrogens (tertiary/aromatic N) is 3. The Morgan fingerprint density at radius 3 is 2.75 bits per heavy atom. The number of hydrogen-bond acceptors (Lipinski definition) is 5. The predicted octanol–water partition coefficient (Wildman–Crippen LogP) is 3.20. The molecule has 2 heterocycles. The van der Waals surface area contributed by atoms with Crippen molar-refractivity contribution in [2.24, 2.45) is 11.7 Å². The molecule has 3 aromatic rings. The fraction of sp³-hybridized carbons (Fsp3) is 0.360. The van der Waals surface area contributed by atoms with E-state index >= 15 is 0 Å². The first kappa shape index (κ1) is 20.4. The molecule has 2 amide bonds. The summed E-state index contributed by atoms with van der Waals surface area (Å²) in [4.78, 5) is 26.3. The minimum atomic E-state index is -0.258. The lowest BCUT2D eigenvalue weighted by Gasteiger charge is -2.32. The van der Waals surface area contributed by atoms with E-state index in [0.717, 1.165) is 65.5 Å². The van der Waals surface area contributed by atoms with Gasteiger partial charge in [0.2, 0.25) is 5.91 Å². The monoisotopic (exact) mass is 429 g/mol. The van der Waals surface area contributed by atoms with Gasteiger partial charge in [0.05, 0.1) is 12.1 Å². The summed E-state index contributed by atoms with van der Waals surface area (Å²) in [7, 11) is 0. The molecule has 3 N–H and O–H groups in total. The summed E-state index contributed by atoms with van der Waals surface area (Å²) in [5, 5.41) is 13.6. The molecule has 5 rings (SSSR count). The van der Waals surface area contributed by atoms with E-state index in [1.807, 2.05) is 18.2 Å². The number of rotatable bonds is 5. The van der Waals surface area contributed by atoms with Crippen molar-refractivity contribution < 1.29 is 9.59 Å². The van der Waals surface area contributed by atoms with Crippen molar-refractivity contribution in [3.8, 4) is 11.1 Å². The largest absolute Gasteiger partial charge is 0.369 e. The van der Waals surface area contributed by atoms with Gasteiger partial charge in [-0.2, -0.15) is 5.10 Å². The van der Waals surface area contributed by atoms with Gasteiger partial charge in [-0.25, -0.2) is 0 Å². The number of fused-ring (bicyclic) bond motifs is 1. The highest BCUT2D eigenvalue weighted by molar-refractivity contribution is 5.98. The Hall–Kier alpha value is -3.48. The molecule has 1 aromatic heterocycles. The smallest absolute Gasteiger partial charge is 0.251 e. The third kappa shape index (κ3) is 4.02. The van der Waals surface area contributed by atoms with E-state index in [1.165, 1.54) is 0 Å². The average molecular weight is 430 g/mol. The molecule has 7 heteroatoms. The minimum Gasteiger partial charge on any atom is -0.369 e. The number of carbonyl (C=O) groups is 2. The van der Waals surface area contributed by atoms with E-state index in [4.69, 9.17) is 5.73 Å². The molecule has 164 valence electrons. The zero-order valence-corrected chi connectivity index (χ0v) is 18.2. The van der Waals surface area contributed by atoms with Crippen molar-refractivity contribution in [2.45, 2.75) is 38.6 Å². The van der Waals surface area contributed by atoms with Crippen LogP contribution in [0, 0.1) is 12.8 Å².